The molecule has 0 bridgehead atoms. The molecule has 4 N–H and O–H groups in total. The van der Waals surface area contributed by atoms with Crippen molar-refractivity contribution < 1.29 is 9.18 Å². The molecule has 0 heterocycles. The van der Waals surface area contributed by atoms with Crippen molar-refractivity contribution in [3.63, 3.8) is 0 Å². The maximum atomic E-state index is 12.8. The number of carbonyl (C=O) groups is 1. The summed E-state index contributed by atoms with van der Waals surface area (Å²) in [5.74, 6) is -0.225. The summed E-state index contributed by atoms with van der Waals surface area (Å²) in [6.45, 7) is 1.48. The molecule has 0 radical (unpaired) electrons. The first-order chi connectivity index (χ1) is 10.1. The number of hydrogen-bond acceptors (Lipinski definition) is 2. The fraction of sp³-hybridized carbons (Fsp3) is 0.188. The van der Waals surface area contributed by atoms with Gasteiger partial charge in [0, 0.05) is 12.2 Å². The summed E-state index contributed by atoms with van der Waals surface area (Å²) < 4.78 is 12.8. The number of anilines is 1. The Balaban J connectivity index is 1.78. The van der Waals surface area contributed by atoms with Gasteiger partial charge in [-0.05, 0) is 48.4 Å². The predicted octanol–water partition coefficient (Wildman–Crippen LogP) is 2.65. The van der Waals surface area contributed by atoms with E-state index in [1.165, 1.54) is 12.1 Å². The quantitative estimate of drug-likeness (QED) is 0.715. The van der Waals surface area contributed by atoms with Crippen LogP contribution in [0.2, 0.25) is 0 Å². The van der Waals surface area contributed by atoms with Crippen LogP contribution in [-0.2, 0) is 13.0 Å². The number of benzene rings is 2. The highest BCUT2D eigenvalue weighted by Gasteiger charge is 1.99. The number of hydrogen-bond donors (Lipinski definition) is 3. The van der Waals surface area contributed by atoms with Gasteiger partial charge in [0.15, 0.2) is 0 Å². The van der Waals surface area contributed by atoms with Gasteiger partial charge in [-0.15, -0.1) is 0 Å². The van der Waals surface area contributed by atoms with Crippen molar-refractivity contribution in [3.8, 4) is 0 Å². The lowest BCUT2D eigenvalue weighted by atomic mass is 10.1. The van der Waals surface area contributed by atoms with Gasteiger partial charge >= 0.3 is 6.03 Å². The summed E-state index contributed by atoms with van der Waals surface area (Å²) in [4.78, 5) is 10.8. The van der Waals surface area contributed by atoms with Crippen LogP contribution in [-0.4, -0.2) is 12.6 Å². The Kier molecular flexibility index (Phi) is 5.29. The van der Waals surface area contributed by atoms with E-state index < -0.39 is 6.03 Å². The number of primary amides is 1. The minimum absolute atomic E-state index is 0.225. The molecule has 0 unspecified atom stereocenters. The number of halogens is 1. The number of nitrogens with one attached hydrogen (secondary N) is 2. The van der Waals surface area contributed by atoms with E-state index in [1.807, 2.05) is 18.2 Å². The molecular weight excluding hydrogens is 269 g/mol. The lowest BCUT2D eigenvalue weighted by molar-refractivity contribution is 0.259. The number of carbonyl (C=O) groups excluding carboxylic acids is 1. The van der Waals surface area contributed by atoms with E-state index in [0.29, 0.717) is 12.2 Å². The second kappa shape index (κ2) is 7.40. The Hall–Kier alpha value is -2.40. The predicted molar refractivity (Wildman–Crippen MR) is 81.5 cm³/mol. The molecule has 5 heteroatoms. The number of urea groups is 1. The molecule has 4 nitrogen and oxygen atoms in total. The van der Waals surface area contributed by atoms with E-state index >= 15 is 0 Å². The Labute approximate surface area is 123 Å². The number of nitrogens with two attached hydrogens (primary N) is 1. The fourth-order valence-electron chi connectivity index (χ4n) is 2.01. The van der Waals surface area contributed by atoms with Gasteiger partial charge in [-0.3, -0.25) is 0 Å². The van der Waals surface area contributed by atoms with Gasteiger partial charge < -0.3 is 16.4 Å². The molecule has 0 aliphatic heterocycles. The number of amides is 2. The van der Waals surface area contributed by atoms with Crippen LogP contribution in [0, 0.1) is 5.82 Å². The minimum atomic E-state index is -0.568. The van der Waals surface area contributed by atoms with Crippen LogP contribution in [0.25, 0.3) is 0 Å². The minimum Gasteiger partial charge on any atom is -0.351 e. The maximum absolute atomic E-state index is 12.8. The monoisotopic (exact) mass is 287 g/mol. The Morgan fingerprint density at radius 3 is 2.57 bits per heavy atom. The molecule has 2 aromatic carbocycles. The Morgan fingerprint density at radius 2 is 1.86 bits per heavy atom. The fourth-order valence-corrected chi connectivity index (χ4v) is 2.01. The van der Waals surface area contributed by atoms with Crippen LogP contribution < -0.4 is 16.4 Å². The van der Waals surface area contributed by atoms with Crippen molar-refractivity contribution >= 4 is 11.7 Å². The second-order valence-corrected chi connectivity index (χ2v) is 4.74. The topological polar surface area (TPSA) is 67.2 Å². The zero-order valence-corrected chi connectivity index (χ0v) is 11.6. The van der Waals surface area contributed by atoms with E-state index in [-0.39, 0.29) is 5.82 Å². The first kappa shape index (κ1) is 15.0. The maximum Gasteiger partial charge on any atom is 0.316 e. The van der Waals surface area contributed by atoms with E-state index in [2.05, 4.69) is 10.6 Å². The molecule has 0 saturated carbocycles. The van der Waals surface area contributed by atoms with Crippen LogP contribution in [0.1, 0.15) is 11.1 Å². The molecule has 2 rings (SSSR count). The van der Waals surface area contributed by atoms with Crippen molar-refractivity contribution in [2.45, 2.75) is 13.0 Å². The van der Waals surface area contributed by atoms with Crippen LogP contribution >= 0.6 is 0 Å². The summed E-state index contributed by atoms with van der Waals surface area (Å²) in [5.41, 5.74) is 7.92. The lowest BCUT2D eigenvalue weighted by Gasteiger charge is -2.07. The molecule has 0 fully saturated rings. The normalized spacial score (nSPS) is 10.3. The van der Waals surface area contributed by atoms with Gasteiger partial charge in [-0.1, -0.05) is 24.3 Å². The largest absolute Gasteiger partial charge is 0.351 e. The van der Waals surface area contributed by atoms with Crippen LogP contribution in [0.3, 0.4) is 0 Å². The Bertz CT molecular complexity index is 599. The van der Waals surface area contributed by atoms with Crippen LogP contribution in [0.4, 0.5) is 14.9 Å². The average molecular weight is 287 g/mol. The smallest absolute Gasteiger partial charge is 0.316 e. The van der Waals surface area contributed by atoms with Gasteiger partial charge in [0.1, 0.15) is 5.82 Å². The first-order valence-electron chi connectivity index (χ1n) is 6.74. The summed E-state index contributed by atoms with van der Waals surface area (Å²) >= 11 is 0. The highest BCUT2D eigenvalue weighted by molar-refractivity contribution is 5.87. The molecule has 110 valence electrons. The van der Waals surface area contributed by atoms with Gasteiger partial charge in [0.05, 0.1) is 0 Å². The van der Waals surface area contributed by atoms with Crippen molar-refractivity contribution in [1.29, 1.82) is 0 Å². The molecule has 0 aliphatic carbocycles. The van der Waals surface area contributed by atoms with Crippen molar-refractivity contribution in [1.82, 2.24) is 5.32 Å². The van der Waals surface area contributed by atoms with E-state index in [1.54, 1.807) is 18.2 Å². The van der Waals surface area contributed by atoms with Crippen LogP contribution in [0.15, 0.2) is 48.5 Å². The summed E-state index contributed by atoms with van der Waals surface area (Å²) in [6, 6.07) is 13.4. The third-order valence-electron chi connectivity index (χ3n) is 3.03. The van der Waals surface area contributed by atoms with E-state index in [0.717, 1.165) is 24.1 Å². The van der Waals surface area contributed by atoms with Gasteiger partial charge in [-0.25, -0.2) is 9.18 Å². The lowest BCUT2D eigenvalue weighted by Crippen LogP contribution is -2.19. The molecule has 21 heavy (non-hydrogen) atoms. The molecule has 0 spiro atoms. The van der Waals surface area contributed by atoms with Crippen molar-refractivity contribution in [3.05, 3.63) is 65.5 Å². The number of rotatable bonds is 6. The average Bonchev–Trinajstić information content (AvgIpc) is 2.45. The standard InChI is InChI=1S/C16H18FN3O/c17-14-6-4-13(5-7-14)11-19-9-8-12-2-1-3-15(10-12)20-16(18)21/h1-7,10,19H,8-9,11H2,(H3,18,20,21). The van der Waals surface area contributed by atoms with Gasteiger partial charge in [0.25, 0.3) is 0 Å². The Morgan fingerprint density at radius 1 is 1.10 bits per heavy atom. The zero-order chi connectivity index (χ0) is 15.1. The summed E-state index contributed by atoms with van der Waals surface area (Å²) in [5, 5.41) is 5.85. The molecular formula is C16H18FN3O. The zero-order valence-electron chi connectivity index (χ0n) is 11.6. The van der Waals surface area contributed by atoms with Crippen molar-refractivity contribution in [2.75, 3.05) is 11.9 Å². The molecule has 0 aromatic heterocycles. The van der Waals surface area contributed by atoms with Crippen molar-refractivity contribution in [2.24, 2.45) is 5.73 Å². The summed E-state index contributed by atoms with van der Waals surface area (Å²) in [7, 11) is 0. The molecule has 0 saturated heterocycles. The molecule has 2 amide bonds. The summed E-state index contributed by atoms with van der Waals surface area (Å²) in [6.07, 6.45) is 0.829. The first-order valence-corrected chi connectivity index (χ1v) is 6.74. The molecule has 0 aliphatic rings. The third kappa shape index (κ3) is 5.24. The van der Waals surface area contributed by atoms with Gasteiger partial charge in [-0.2, -0.15) is 0 Å². The second-order valence-electron chi connectivity index (χ2n) is 4.74. The molecule has 0 atom stereocenters. The highest BCUT2D eigenvalue weighted by Crippen LogP contribution is 2.10. The molecule has 2 aromatic rings. The SMILES string of the molecule is NC(=O)Nc1cccc(CCNCc2ccc(F)cc2)c1. The van der Waals surface area contributed by atoms with E-state index in [4.69, 9.17) is 5.73 Å². The third-order valence-corrected chi connectivity index (χ3v) is 3.03. The van der Waals surface area contributed by atoms with Crippen LogP contribution in [0.5, 0.6) is 0 Å². The van der Waals surface area contributed by atoms with E-state index in [9.17, 15) is 9.18 Å². The highest BCUT2D eigenvalue weighted by atomic mass is 19.1. The van der Waals surface area contributed by atoms with Gasteiger partial charge in [0.2, 0.25) is 0 Å².